The zero-order valence-corrected chi connectivity index (χ0v) is 30.8. The van der Waals surface area contributed by atoms with Crippen molar-refractivity contribution in [2.45, 2.75) is 122 Å². The van der Waals surface area contributed by atoms with Crippen LogP contribution in [-0.4, -0.2) is 86.0 Å². The van der Waals surface area contributed by atoms with Gasteiger partial charge in [-0.2, -0.15) is 0 Å². The van der Waals surface area contributed by atoms with Gasteiger partial charge in [0.25, 0.3) is 0 Å². The molecule has 6 fully saturated rings. The molecule has 6 saturated carbocycles. The van der Waals surface area contributed by atoms with Crippen LogP contribution in [0.25, 0.3) is 0 Å². The fraction of sp³-hybridized carbons (Fsp3) is 0.786. The minimum absolute atomic E-state index is 0.0310. The van der Waals surface area contributed by atoms with Gasteiger partial charge in [-0.05, 0) is 129 Å². The fourth-order valence-corrected chi connectivity index (χ4v) is 16.1. The summed E-state index contributed by atoms with van der Waals surface area (Å²) in [6, 6.07) is 0. The number of carbonyl (C=O) groups is 5. The Balaban J connectivity index is 1.33. The first-order valence-electron chi connectivity index (χ1n) is 19.9. The monoisotopic (exact) mass is 720 g/mol. The molecule has 0 bridgehead atoms. The summed E-state index contributed by atoms with van der Waals surface area (Å²) in [5.74, 6) is -3.24. The highest BCUT2D eigenvalue weighted by Crippen LogP contribution is 2.79. The molecule has 8 rings (SSSR count). The first-order chi connectivity index (χ1) is 24.5. The van der Waals surface area contributed by atoms with Crippen molar-refractivity contribution in [2.75, 3.05) is 13.2 Å². The Bertz CT molecular complexity index is 1680. The molecule has 10 nitrogen and oxygen atoms in total. The molecule has 52 heavy (non-hydrogen) atoms. The van der Waals surface area contributed by atoms with Crippen LogP contribution in [0.2, 0.25) is 0 Å². The number of allylic oxidation sites excluding steroid dienone is 2. The minimum Gasteiger partial charge on any atom is -0.393 e. The van der Waals surface area contributed by atoms with E-state index in [1.807, 2.05) is 6.92 Å². The maximum atomic E-state index is 14.1. The zero-order valence-electron chi connectivity index (χ0n) is 30.8. The van der Waals surface area contributed by atoms with Gasteiger partial charge < -0.3 is 30.3 Å². The summed E-state index contributed by atoms with van der Waals surface area (Å²) in [4.78, 5) is 66.6. The van der Waals surface area contributed by atoms with Crippen LogP contribution >= 0.6 is 0 Å². The van der Waals surface area contributed by atoms with Gasteiger partial charge in [-0.1, -0.05) is 31.9 Å². The Morgan fingerprint density at radius 3 is 2.23 bits per heavy atom. The third kappa shape index (κ3) is 4.17. The molecule has 1 unspecified atom stereocenters. The molecule has 0 aromatic carbocycles. The SMILES string of the molecule is C[C@]12CCC(=O)C=C1CC[C@H]1[C@@H]3CC[C@](O)(C(=O)CO)[C@@]3(C)C[C@H](O)[C@@]12C1CC(=O)C=C2CC[C@@H]3[C@H]([C@@H](O)C[C@]4(C=O)[C@@H](C(=O)CO)CC[C@@H]34)[C@]21C. The van der Waals surface area contributed by atoms with E-state index in [1.165, 1.54) is 0 Å². The average molecular weight is 721 g/mol. The lowest BCUT2D eigenvalue weighted by Gasteiger charge is -2.74. The summed E-state index contributed by atoms with van der Waals surface area (Å²) in [5.41, 5.74) is -4.44. The Morgan fingerprint density at radius 1 is 0.827 bits per heavy atom. The molecule has 0 spiro atoms. The van der Waals surface area contributed by atoms with E-state index in [-0.39, 0.29) is 72.6 Å². The molecule has 284 valence electrons. The second-order valence-corrected chi connectivity index (χ2v) is 19.0. The Labute approximate surface area is 305 Å². The van der Waals surface area contributed by atoms with Crippen LogP contribution in [0.3, 0.4) is 0 Å². The highest BCUT2D eigenvalue weighted by molar-refractivity contribution is 5.93. The molecule has 0 heterocycles. The van der Waals surface area contributed by atoms with Gasteiger partial charge in [0.05, 0.1) is 12.2 Å². The van der Waals surface area contributed by atoms with Crippen LogP contribution in [-0.2, 0) is 24.0 Å². The summed E-state index contributed by atoms with van der Waals surface area (Å²) in [6.45, 7) is 4.76. The minimum atomic E-state index is -1.81. The number of aliphatic hydroxyl groups is 5. The van der Waals surface area contributed by atoms with Gasteiger partial charge in [-0.3, -0.25) is 19.2 Å². The third-order valence-corrected chi connectivity index (χ3v) is 18.0. The Hall–Kier alpha value is -2.37. The molecule has 0 radical (unpaired) electrons. The van der Waals surface area contributed by atoms with E-state index in [0.29, 0.717) is 57.8 Å². The van der Waals surface area contributed by atoms with Crippen molar-refractivity contribution in [2.24, 2.45) is 68.5 Å². The highest BCUT2D eigenvalue weighted by atomic mass is 16.3. The van der Waals surface area contributed by atoms with Gasteiger partial charge in [0, 0.05) is 35.0 Å². The average Bonchev–Trinajstić information content (AvgIpc) is 3.62. The topological polar surface area (TPSA) is 186 Å². The van der Waals surface area contributed by atoms with E-state index in [9.17, 15) is 49.5 Å². The largest absolute Gasteiger partial charge is 0.393 e. The van der Waals surface area contributed by atoms with Crippen molar-refractivity contribution >= 4 is 29.4 Å². The van der Waals surface area contributed by atoms with Crippen molar-refractivity contribution < 1.29 is 49.5 Å². The smallest absolute Gasteiger partial charge is 0.190 e. The van der Waals surface area contributed by atoms with Gasteiger partial charge in [0.2, 0.25) is 0 Å². The van der Waals surface area contributed by atoms with Crippen LogP contribution in [0, 0.1) is 68.5 Å². The molecule has 8 aliphatic rings. The number of aliphatic hydroxyl groups excluding tert-OH is 4. The Morgan fingerprint density at radius 2 is 1.54 bits per heavy atom. The first-order valence-corrected chi connectivity index (χ1v) is 19.9. The second-order valence-electron chi connectivity index (χ2n) is 19.0. The first kappa shape index (κ1) is 36.6. The van der Waals surface area contributed by atoms with E-state index in [4.69, 9.17) is 0 Å². The van der Waals surface area contributed by atoms with Crippen molar-refractivity contribution in [1.82, 2.24) is 0 Å². The number of fused-ring (bicyclic) bond motifs is 10. The number of aldehydes is 1. The van der Waals surface area contributed by atoms with E-state index in [2.05, 4.69) is 13.8 Å². The predicted octanol–water partition coefficient (Wildman–Crippen LogP) is 3.24. The van der Waals surface area contributed by atoms with Crippen LogP contribution in [0.4, 0.5) is 0 Å². The number of ketones is 4. The molecule has 0 aromatic rings. The van der Waals surface area contributed by atoms with E-state index in [0.717, 1.165) is 17.4 Å². The molecule has 0 aromatic heterocycles. The molecule has 10 heteroatoms. The number of Topliss-reactive ketones (excluding diaryl/α,β-unsaturated/α-hetero) is 2. The summed E-state index contributed by atoms with van der Waals surface area (Å²) >= 11 is 0. The van der Waals surface area contributed by atoms with Crippen molar-refractivity contribution in [3.05, 3.63) is 23.3 Å². The number of hydrogen-bond acceptors (Lipinski definition) is 10. The molecule has 0 saturated heterocycles. The quantitative estimate of drug-likeness (QED) is 0.255. The van der Waals surface area contributed by atoms with Gasteiger partial charge in [0.1, 0.15) is 25.1 Å². The third-order valence-electron chi connectivity index (χ3n) is 18.0. The summed E-state index contributed by atoms with van der Waals surface area (Å²) in [7, 11) is 0. The number of rotatable bonds is 6. The lowest BCUT2D eigenvalue weighted by molar-refractivity contribution is -0.268. The van der Waals surface area contributed by atoms with E-state index >= 15 is 0 Å². The maximum Gasteiger partial charge on any atom is 0.190 e. The highest BCUT2D eigenvalue weighted by Gasteiger charge is 2.78. The normalized spacial score (nSPS) is 52.2. The van der Waals surface area contributed by atoms with Crippen LogP contribution < -0.4 is 0 Å². The summed E-state index contributed by atoms with van der Waals surface area (Å²) in [5, 5.41) is 57.6. The van der Waals surface area contributed by atoms with Crippen molar-refractivity contribution in [3.8, 4) is 0 Å². The van der Waals surface area contributed by atoms with E-state index in [1.54, 1.807) is 12.2 Å². The standard InChI is InChI=1S/C42H56O10/c1-37-12-10-24(46)14-22(37)5-7-29-28-11-13-41(52,35(51)20-44)38(28,2)18-34(50)42(29,37)33-16-25(47)15-23-4-6-26-27-8-9-30(32(49)19-43)40(27,21-45)17-31(48)36(26)39(23,33)3/h14-15,21,26-31,33-34,36,43-44,48,50,52H,4-13,16-20H2,1-3H3/t26-,27-,28-,29-,30+,31-,33?,34-,36+,37-,38-,39+,40+,41-,42-/m0/s1. The number of carbonyl (C=O) groups excluding carboxylic acids is 5. The zero-order chi connectivity index (χ0) is 37.4. The van der Waals surface area contributed by atoms with Crippen molar-refractivity contribution in [1.29, 1.82) is 0 Å². The molecule has 0 aliphatic heterocycles. The van der Waals surface area contributed by atoms with Crippen LogP contribution in [0.5, 0.6) is 0 Å². The van der Waals surface area contributed by atoms with Crippen LogP contribution in [0.1, 0.15) is 104 Å². The predicted molar refractivity (Wildman–Crippen MR) is 187 cm³/mol. The van der Waals surface area contributed by atoms with Gasteiger partial charge >= 0.3 is 0 Å². The summed E-state index contributed by atoms with van der Waals surface area (Å²) in [6.07, 6.45) is 7.70. The second kappa shape index (κ2) is 11.8. The molecule has 8 aliphatic carbocycles. The van der Waals surface area contributed by atoms with Gasteiger partial charge in [0.15, 0.2) is 23.1 Å². The van der Waals surface area contributed by atoms with Crippen molar-refractivity contribution in [3.63, 3.8) is 0 Å². The van der Waals surface area contributed by atoms with Gasteiger partial charge in [-0.25, -0.2) is 0 Å². The summed E-state index contributed by atoms with van der Waals surface area (Å²) < 4.78 is 0. The molecular weight excluding hydrogens is 664 g/mol. The lowest BCUT2D eigenvalue weighted by Crippen LogP contribution is -2.73. The number of hydrogen-bond donors (Lipinski definition) is 5. The van der Waals surface area contributed by atoms with Gasteiger partial charge in [-0.15, -0.1) is 0 Å². The fourth-order valence-electron chi connectivity index (χ4n) is 16.1. The Kier molecular flexibility index (Phi) is 8.32. The molecule has 0 amide bonds. The molecular formula is C42H56O10. The maximum absolute atomic E-state index is 14.1. The lowest BCUT2D eigenvalue weighted by atomic mass is 9.30. The molecule has 15 atom stereocenters. The van der Waals surface area contributed by atoms with E-state index < -0.39 is 75.7 Å². The van der Waals surface area contributed by atoms with Crippen LogP contribution in [0.15, 0.2) is 23.3 Å². The molecule has 5 N–H and O–H groups in total.